The van der Waals surface area contributed by atoms with Crippen LogP contribution in [0.3, 0.4) is 0 Å². The number of nitrogen functional groups attached to an aromatic ring is 3. The van der Waals surface area contributed by atoms with E-state index in [9.17, 15) is 78.9 Å². The van der Waals surface area contributed by atoms with E-state index in [1.54, 1.807) is 0 Å². The summed E-state index contributed by atoms with van der Waals surface area (Å²) < 4.78 is 38.1. The molecule has 6 aliphatic rings. The van der Waals surface area contributed by atoms with Gasteiger partial charge in [-0.1, -0.05) is 15.3 Å². The molecule has 0 bridgehead atoms. The van der Waals surface area contributed by atoms with Crippen molar-refractivity contribution in [2.45, 2.75) is 141 Å². The molecule has 598 valence electrons. The Morgan fingerprint density at radius 2 is 0.757 bits per heavy atom. The fourth-order valence-corrected chi connectivity index (χ4v) is 11.6. The van der Waals surface area contributed by atoms with Crippen LogP contribution in [0.4, 0.5) is 17.5 Å². The van der Waals surface area contributed by atoms with Gasteiger partial charge in [0.1, 0.15) is 114 Å². The van der Waals surface area contributed by atoms with E-state index in [4.69, 9.17) is 104 Å². The zero-order chi connectivity index (χ0) is 82.0. The van der Waals surface area contributed by atoms with E-state index < -0.39 is 237 Å². The minimum absolute atomic E-state index is 0.0361. The number of rotatable bonds is 15. The van der Waals surface area contributed by atoms with Crippen LogP contribution in [0.2, 0.25) is 0 Å². The SMILES string of the molecule is C[C@@]1(N=[N+]=[N-])[C@H](O)[C@@H](CO)O[C@H]1n1ccc(N)nc1=O.N#C[C@@H]1[C@H](O)[C@@H](CO)O[C@H]1n1ccc(=O)[nH]c1=O.N#C[C@@H]1[C@H](O)[C@@H](CO)O[C@H]1n1ccc(N)nc1=O.N[C@@H]1[C@H](O)[C@@H](CO)O[C@H]1n1ccc(=O)[nH]c1=O.[N-]=[N+]=N[C@@H]1[C@H](O)[C@@H](CO)O[C@H]1n1ccc(=O)[nH]c1=O.[N-]=[N+]=N[C@@H]1[C@H](O)[C@@H](CO)O[C@H]1n1ccc(N)nc1=O. The topological polar surface area (TPSA) is 865 Å². The summed E-state index contributed by atoms with van der Waals surface area (Å²) in [5.74, 6) is -1.81. The van der Waals surface area contributed by atoms with Gasteiger partial charge in [-0.15, -0.1) is 0 Å². The van der Waals surface area contributed by atoms with Crippen molar-refractivity contribution >= 4 is 17.5 Å². The Balaban J connectivity index is 0.000000185. The van der Waals surface area contributed by atoms with Gasteiger partial charge in [0, 0.05) is 70.1 Å². The van der Waals surface area contributed by atoms with E-state index in [1.165, 1.54) is 56.1 Å². The van der Waals surface area contributed by atoms with Crippen LogP contribution in [0.1, 0.15) is 44.3 Å². The third-order valence-corrected chi connectivity index (χ3v) is 17.3. The maximum Gasteiger partial charge on any atom is 0.351 e. The first-order valence-corrected chi connectivity index (χ1v) is 32.1. The molecule has 0 spiro atoms. The maximum absolute atomic E-state index is 11.8. The summed E-state index contributed by atoms with van der Waals surface area (Å²) in [6, 6.07) is 8.21. The number of H-pyrrole nitrogens is 3. The van der Waals surface area contributed by atoms with Crippen LogP contribution < -0.4 is 73.8 Å². The van der Waals surface area contributed by atoms with Gasteiger partial charge in [-0.3, -0.25) is 56.7 Å². The van der Waals surface area contributed by atoms with Crippen LogP contribution in [0.25, 0.3) is 31.3 Å². The fraction of sp³-hybridized carbons (Fsp3) is 0.544. The van der Waals surface area contributed by atoms with E-state index in [1.807, 2.05) is 22.1 Å². The van der Waals surface area contributed by atoms with Gasteiger partial charge in [0.25, 0.3) is 16.7 Å². The summed E-state index contributed by atoms with van der Waals surface area (Å²) in [6.45, 7) is -1.31. The molecule has 6 aromatic heterocycles. The number of aromatic nitrogens is 12. The number of nitriles is 2. The highest BCUT2D eigenvalue weighted by Gasteiger charge is 2.55. The number of aliphatic hydroxyl groups excluding tert-OH is 12. The number of aliphatic hydroxyl groups is 12. The lowest BCUT2D eigenvalue weighted by molar-refractivity contribution is -0.0486. The lowest BCUT2D eigenvalue weighted by Gasteiger charge is -2.27. The number of anilines is 3. The van der Waals surface area contributed by atoms with Crippen molar-refractivity contribution in [3.05, 3.63) is 199 Å². The standard InChI is InChI=1S/C10H14N6O4.C10H12N4O4.C10H11N3O5.C9H12N6O4.C9H11N5O5.C9H13N3O5/c1-10(14-15-12)7(18)5(4-17)20-8(10)16-3-2-6(11)13-9(16)19;11-3-5-8(16)6(4-15)18-9(5)14-2-1-7(12)13-10(14)17;11-3-5-8(16)6(4-14)18-9(5)13-2-1-7(15)12-10(13)17;10-5-1-2-15(9(18)12-5)8-6(13-14-11)7(17)4(3-16)19-8;10-13-12-6-7(17)4(3-15)19-8(6)14-2-1-5(16)11-9(14)18;10-6-7(15)4(3-13)17-8(6)12-2-1-5(14)11-9(12)16/h2-3,5,7-8,17-18H,4H2,1H3,(H2,11,13,19);1-2,5-6,8-9,15-16H,4H2,(H2,12,13,17);1-2,5-6,8-9,14,16H,4H2,(H,12,15,17);1-2,4,6-8,16-17H,3H2,(H2,10,12,18);1-2,4,6-8,15,17H,3H2,(H,11,16,18);1-2,4,6-8,13,15H,3,10H2,(H,11,14,16)/t5-,7-,8-,10-;2*5-,6-,8+,9-;3*4-,6-,7-,8-/m111111/s1. The summed E-state index contributed by atoms with van der Waals surface area (Å²) in [5, 5.41) is 141. The molecule has 6 aliphatic heterocycles. The molecule has 6 saturated heterocycles. The number of nitrogens with zero attached hydrogens (tertiary/aromatic N) is 20. The van der Waals surface area contributed by atoms with Gasteiger partial charge >= 0.3 is 34.1 Å². The summed E-state index contributed by atoms with van der Waals surface area (Å²) in [4.78, 5) is 127. The molecule has 0 saturated carbocycles. The number of nitrogens with two attached hydrogens (primary N) is 4. The number of azide groups is 3. The highest BCUT2D eigenvalue weighted by molar-refractivity contribution is 5.26. The Morgan fingerprint density at radius 1 is 0.450 bits per heavy atom. The monoisotopic (exact) mass is 1570 g/mol. The first kappa shape index (κ1) is 86.5. The molecule has 12 rings (SSSR count). The Morgan fingerprint density at radius 3 is 1.10 bits per heavy atom. The molecule has 6 fully saturated rings. The Bertz CT molecular complexity index is 5020. The van der Waals surface area contributed by atoms with E-state index in [2.05, 4.69) is 50.0 Å². The van der Waals surface area contributed by atoms with Crippen LogP contribution in [-0.4, -0.2) is 255 Å². The highest BCUT2D eigenvalue weighted by Crippen LogP contribution is 2.41. The van der Waals surface area contributed by atoms with Crippen LogP contribution in [0.15, 0.2) is 132 Å². The molecule has 0 aliphatic carbocycles. The highest BCUT2D eigenvalue weighted by atomic mass is 16.6. The zero-order valence-electron chi connectivity index (χ0n) is 57.2. The van der Waals surface area contributed by atoms with Gasteiger partial charge in [-0.2, -0.15) is 25.5 Å². The van der Waals surface area contributed by atoms with Crippen LogP contribution in [-0.2, 0) is 28.4 Å². The summed E-state index contributed by atoms with van der Waals surface area (Å²) in [7, 11) is 0. The van der Waals surface area contributed by atoms with E-state index in [-0.39, 0.29) is 17.5 Å². The van der Waals surface area contributed by atoms with Crippen LogP contribution in [0, 0.1) is 34.5 Å². The second kappa shape index (κ2) is 38.5. The largest absolute Gasteiger partial charge is 0.394 e. The summed E-state index contributed by atoms with van der Waals surface area (Å²) >= 11 is 0. The number of nitrogens with one attached hydrogen (secondary N) is 3. The molecule has 0 aromatic carbocycles. The van der Waals surface area contributed by atoms with Crippen molar-refractivity contribution in [3.63, 3.8) is 0 Å². The maximum atomic E-state index is 11.8. The molecule has 0 radical (unpaired) electrons. The molecule has 111 heavy (non-hydrogen) atoms. The lowest BCUT2D eigenvalue weighted by atomic mass is 9.93. The van der Waals surface area contributed by atoms with Gasteiger partial charge in [-0.05, 0) is 41.7 Å². The molecule has 0 unspecified atom stereocenters. The number of ether oxygens (including phenoxy) is 6. The van der Waals surface area contributed by atoms with Gasteiger partial charge in [0.15, 0.2) is 24.9 Å². The zero-order valence-corrected chi connectivity index (χ0v) is 57.2. The molecule has 54 nitrogen and oxygen atoms in total. The molecular weight excluding hydrogens is 1490 g/mol. The smallest absolute Gasteiger partial charge is 0.351 e. The number of aromatic amines is 3. The summed E-state index contributed by atoms with van der Waals surface area (Å²) in [5.41, 5.74) is 40.0. The van der Waals surface area contributed by atoms with Crippen molar-refractivity contribution in [2.75, 3.05) is 56.8 Å². The third-order valence-electron chi connectivity index (χ3n) is 17.3. The average Bonchev–Trinajstić information content (AvgIpc) is 1.62. The number of hydrogen-bond donors (Lipinski definition) is 19. The average molecular weight is 1570 g/mol. The van der Waals surface area contributed by atoms with Crippen molar-refractivity contribution in [1.82, 2.24) is 57.3 Å². The predicted molar refractivity (Wildman–Crippen MR) is 364 cm³/mol. The summed E-state index contributed by atoms with van der Waals surface area (Å²) in [6.07, 6.45) is -11.3. The quantitative estimate of drug-likeness (QED) is 0.0258. The second-order valence-corrected chi connectivity index (χ2v) is 24.2. The van der Waals surface area contributed by atoms with Gasteiger partial charge in [0.2, 0.25) is 0 Å². The van der Waals surface area contributed by atoms with Crippen LogP contribution >= 0.6 is 0 Å². The predicted octanol–water partition coefficient (Wildman–Crippen LogP) is -10.4. The minimum Gasteiger partial charge on any atom is -0.394 e. The molecule has 23 N–H and O–H groups in total. The van der Waals surface area contributed by atoms with Crippen molar-refractivity contribution < 1.29 is 89.7 Å². The molecule has 54 heteroatoms. The molecule has 24 atom stereocenters. The van der Waals surface area contributed by atoms with Gasteiger partial charge < -0.3 is 113 Å². The lowest BCUT2D eigenvalue weighted by Crippen LogP contribution is -2.44. The first-order valence-electron chi connectivity index (χ1n) is 32.1. The Hall–Kier alpha value is -11.8. The van der Waals surface area contributed by atoms with Crippen molar-refractivity contribution in [2.24, 2.45) is 32.9 Å². The van der Waals surface area contributed by atoms with E-state index >= 15 is 0 Å². The van der Waals surface area contributed by atoms with E-state index in [0.717, 1.165) is 51.8 Å². The Kier molecular flexibility index (Phi) is 30.0. The Labute approximate surface area is 615 Å². The van der Waals surface area contributed by atoms with Gasteiger partial charge in [-0.25, -0.2) is 28.8 Å². The minimum atomic E-state index is -1.45. The molecule has 12 heterocycles. The van der Waals surface area contributed by atoms with Crippen LogP contribution in [0.5, 0.6) is 0 Å². The normalized spacial score (nSPS) is 31.3. The fourth-order valence-electron chi connectivity index (χ4n) is 11.6. The first-order chi connectivity index (χ1) is 52.8. The molecule has 0 amide bonds. The van der Waals surface area contributed by atoms with Gasteiger partial charge in [0.05, 0.1) is 76.1 Å². The molecule has 6 aromatic rings. The van der Waals surface area contributed by atoms with Crippen molar-refractivity contribution in [3.8, 4) is 12.1 Å². The van der Waals surface area contributed by atoms with Crippen molar-refractivity contribution in [1.29, 1.82) is 10.5 Å². The number of hydrogen-bond acceptors (Lipinski definition) is 39. The van der Waals surface area contributed by atoms with E-state index in [0.29, 0.717) is 0 Å². The second-order valence-electron chi connectivity index (χ2n) is 24.2. The molecular formula is C57H73N27O27. The third kappa shape index (κ3) is 19.5.